The van der Waals surface area contributed by atoms with E-state index in [0.29, 0.717) is 17.2 Å². The van der Waals surface area contributed by atoms with E-state index in [1.165, 1.54) is 0 Å². The Kier molecular flexibility index (Phi) is 4.84. The molecule has 3 aromatic carbocycles. The van der Waals surface area contributed by atoms with Crippen LogP contribution in [0.2, 0.25) is 0 Å². The van der Waals surface area contributed by atoms with E-state index >= 15 is 0 Å². The predicted molar refractivity (Wildman–Crippen MR) is 103 cm³/mol. The zero-order valence-electron chi connectivity index (χ0n) is 12.2. The van der Waals surface area contributed by atoms with E-state index in [2.05, 4.69) is 38.7 Å². The highest BCUT2D eigenvalue weighted by molar-refractivity contribution is 7.75. The fraction of sp³-hybridized carbons (Fsp3) is 0.0588. The largest absolute Gasteiger partial charge is 0.429 e. The van der Waals surface area contributed by atoms with E-state index < -0.39 is 0 Å². The highest BCUT2D eigenvalue weighted by Gasteiger charge is 2.17. The van der Waals surface area contributed by atoms with Crippen LogP contribution in [0.5, 0.6) is 17.2 Å². The van der Waals surface area contributed by atoms with Crippen molar-refractivity contribution in [2.24, 2.45) is 0 Å². The zero-order valence-corrected chi connectivity index (χ0v) is 14.9. The second-order valence-corrected chi connectivity index (χ2v) is 5.60. The summed E-state index contributed by atoms with van der Waals surface area (Å²) in [7, 11) is 0. The molecule has 3 aromatic rings. The minimum absolute atomic E-state index is 0.655. The SMILES string of the molecule is Cc1cc(OS)ccc1-c1cc(OS)c2ccccc2c1OS. The number of fused-ring (bicyclic) bond motifs is 1. The minimum atomic E-state index is 0.655. The van der Waals surface area contributed by atoms with Gasteiger partial charge in [0.1, 0.15) is 11.5 Å². The minimum Gasteiger partial charge on any atom is -0.429 e. The van der Waals surface area contributed by atoms with Crippen LogP contribution in [0, 0.1) is 6.92 Å². The molecule has 0 saturated heterocycles. The lowest BCUT2D eigenvalue weighted by molar-refractivity contribution is 0.653. The van der Waals surface area contributed by atoms with Gasteiger partial charge in [-0.1, -0.05) is 30.3 Å². The van der Waals surface area contributed by atoms with Crippen molar-refractivity contribution in [1.82, 2.24) is 0 Å². The molecule has 3 nitrogen and oxygen atoms in total. The summed E-state index contributed by atoms with van der Waals surface area (Å²) in [6.45, 7) is 1.99. The Morgan fingerprint density at radius 1 is 0.739 bits per heavy atom. The Labute approximate surface area is 151 Å². The molecule has 0 saturated carbocycles. The standard InChI is InChI=1S/C17H14O3S3/c1-10-8-11(18-21)6-7-12(10)15-9-16(19-22)13-4-2-3-5-14(13)17(15)20-23/h2-9,21-23H,1H3. The van der Waals surface area contributed by atoms with Gasteiger partial charge in [0.05, 0.1) is 0 Å². The van der Waals surface area contributed by atoms with E-state index in [4.69, 9.17) is 12.5 Å². The van der Waals surface area contributed by atoms with Crippen LogP contribution in [0.15, 0.2) is 48.5 Å². The smallest absolute Gasteiger partial charge is 0.152 e. The van der Waals surface area contributed by atoms with Gasteiger partial charge < -0.3 is 12.5 Å². The normalized spacial score (nSPS) is 10.6. The summed E-state index contributed by atoms with van der Waals surface area (Å²) in [5.74, 6) is 2.00. The van der Waals surface area contributed by atoms with Crippen molar-refractivity contribution < 1.29 is 12.5 Å². The van der Waals surface area contributed by atoms with Gasteiger partial charge in [0.2, 0.25) is 0 Å². The number of hydrogen-bond donors (Lipinski definition) is 3. The van der Waals surface area contributed by atoms with Gasteiger partial charge in [-0.05, 0) is 36.2 Å². The third kappa shape index (κ3) is 2.94. The maximum Gasteiger partial charge on any atom is 0.152 e. The first-order chi connectivity index (χ1) is 11.2. The summed E-state index contributed by atoms with van der Waals surface area (Å²) in [5.41, 5.74) is 2.87. The fourth-order valence-corrected chi connectivity index (χ4v) is 3.15. The van der Waals surface area contributed by atoms with Crippen molar-refractivity contribution in [3.8, 4) is 28.4 Å². The molecule has 0 N–H and O–H groups in total. The number of hydrogen-bond acceptors (Lipinski definition) is 6. The Hall–Kier alpha value is -1.63. The molecule has 0 heterocycles. The van der Waals surface area contributed by atoms with Crippen LogP contribution < -0.4 is 12.5 Å². The van der Waals surface area contributed by atoms with Crippen molar-refractivity contribution in [2.75, 3.05) is 0 Å². The highest BCUT2D eigenvalue weighted by atomic mass is 32.1. The third-order valence-corrected chi connectivity index (χ3v) is 4.33. The van der Waals surface area contributed by atoms with Crippen molar-refractivity contribution in [2.45, 2.75) is 6.92 Å². The molecule has 0 amide bonds. The maximum absolute atomic E-state index is 5.39. The molecule has 118 valence electrons. The Bertz CT molecular complexity index is 865. The molecular formula is C17H14O3S3. The van der Waals surface area contributed by atoms with Crippen LogP contribution in [0.25, 0.3) is 21.9 Å². The topological polar surface area (TPSA) is 27.7 Å². The lowest BCUT2D eigenvalue weighted by Crippen LogP contribution is -1.91. The first-order valence-electron chi connectivity index (χ1n) is 6.80. The van der Waals surface area contributed by atoms with Crippen molar-refractivity contribution in [3.63, 3.8) is 0 Å². The van der Waals surface area contributed by atoms with Gasteiger partial charge in [0.25, 0.3) is 0 Å². The number of benzene rings is 3. The molecule has 0 aliphatic rings. The molecule has 23 heavy (non-hydrogen) atoms. The number of aryl methyl sites for hydroxylation is 1. The molecule has 0 radical (unpaired) electrons. The highest BCUT2D eigenvalue weighted by Crippen LogP contribution is 2.44. The average molecular weight is 362 g/mol. The van der Waals surface area contributed by atoms with E-state index in [1.54, 1.807) is 0 Å². The summed E-state index contributed by atoms with van der Waals surface area (Å²) in [4.78, 5) is 0. The van der Waals surface area contributed by atoms with Gasteiger partial charge in [-0.3, -0.25) is 0 Å². The van der Waals surface area contributed by atoms with Crippen molar-refractivity contribution in [3.05, 3.63) is 54.1 Å². The lowest BCUT2D eigenvalue weighted by atomic mass is 9.95. The first kappa shape index (κ1) is 16.2. The fourth-order valence-electron chi connectivity index (χ4n) is 2.68. The summed E-state index contributed by atoms with van der Waals surface area (Å²) in [5, 5.41) is 1.81. The second kappa shape index (κ2) is 6.86. The molecule has 0 spiro atoms. The number of thiol groups is 3. The maximum atomic E-state index is 5.39. The molecule has 0 aromatic heterocycles. The van der Waals surface area contributed by atoms with E-state index in [1.807, 2.05) is 55.5 Å². The molecule has 0 bridgehead atoms. The van der Waals surface area contributed by atoms with E-state index in [-0.39, 0.29) is 0 Å². The first-order valence-corrected chi connectivity index (χ1v) is 7.90. The summed E-state index contributed by atoms with van der Waals surface area (Å²) in [6, 6.07) is 15.4. The van der Waals surface area contributed by atoms with Crippen molar-refractivity contribution in [1.29, 1.82) is 0 Å². The summed E-state index contributed by atoms with van der Waals surface area (Å²) in [6.07, 6.45) is 0. The van der Waals surface area contributed by atoms with Gasteiger partial charge >= 0.3 is 0 Å². The van der Waals surface area contributed by atoms with Crippen LogP contribution in [-0.2, 0) is 0 Å². The van der Waals surface area contributed by atoms with Crippen LogP contribution in [-0.4, -0.2) is 0 Å². The van der Waals surface area contributed by atoms with Crippen LogP contribution in [0.3, 0.4) is 0 Å². The van der Waals surface area contributed by atoms with Gasteiger partial charge in [-0.25, -0.2) is 0 Å². The second-order valence-electron chi connectivity index (χ2n) is 5.05. The van der Waals surface area contributed by atoms with Gasteiger partial charge in [0.15, 0.2) is 5.75 Å². The molecular weight excluding hydrogens is 348 g/mol. The molecule has 0 aliphatic heterocycles. The van der Waals surface area contributed by atoms with Crippen LogP contribution >= 0.6 is 38.7 Å². The molecule has 6 heteroatoms. The van der Waals surface area contributed by atoms with Crippen LogP contribution in [0.1, 0.15) is 5.56 Å². The Morgan fingerprint density at radius 2 is 1.48 bits per heavy atom. The van der Waals surface area contributed by atoms with Gasteiger partial charge in [0, 0.05) is 55.1 Å². The Morgan fingerprint density at radius 3 is 2.09 bits per heavy atom. The van der Waals surface area contributed by atoms with E-state index in [0.717, 1.165) is 27.5 Å². The average Bonchev–Trinajstić information content (AvgIpc) is 2.60. The molecule has 0 fully saturated rings. The number of rotatable bonds is 4. The van der Waals surface area contributed by atoms with E-state index in [9.17, 15) is 0 Å². The van der Waals surface area contributed by atoms with Gasteiger partial charge in [-0.2, -0.15) is 0 Å². The predicted octanol–water partition coefficient (Wildman–Crippen LogP) is 5.49. The third-order valence-electron chi connectivity index (χ3n) is 3.74. The quantitative estimate of drug-likeness (QED) is 0.423. The lowest BCUT2D eigenvalue weighted by Gasteiger charge is -2.15. The zero-order chi connectivity index (χ0) is 16.4. The van der Waals surface area contributed by atoms with Crippen LogP contribution in [0.4, 0.5) is 0 Å². The Balaban J connectivity index is 2.33. The summed E-state index contributed by atoms with van der Waals surface area (Å²) >= 11 is 11.9. The molecule has 0 atom stereocenters. The summed E-state index contributed by atoms with van der Waals surface area (Å²) < 4.78 is 15.6. The molecule has 3 rings (SSSR count). The molecule has 0 aliphatic carbocycles. The monoisotopic (exact) mass is 362 g/mol. The van der Waals surface area contributed by atoms with Crippen molar-refractivity contribution >= 4 is 49.5 Å². The molecule has 0 unspecified atom stereocenters. The van der Waals surface area contributed by atoms with Gasteiger partial charge in [-0.15, -0.1) is 0 Å².